The lowest BCUT2D eigenvalue weighted by atomic mass is 10.3. The molecule has 108 valence electrons. The predicted octanol–water partition coefficient (Wildman–Crippen LogP) is 1.91. The van der Waals surface area contributed by atoms with E-state index in [0.717, 1.165) is 6.07 Å². The molecule has 0 saturated carbocycles. The number of para-hydroxylation sites is 1. The second kappa shape index (κ2) is 5.51. The zero-order valence-electron chi connectivity index (χ0n) is 10.3. The van der Waals surface area contributed by atoms with E-state index in [9.17, 15) is 17.9 Å². The van der Waals surface area contributed by atoms with Crippen molar-refractivity contribution in [3.63, 3.8) is 0 Å². The van der Waals surface area contributed by atoms with E-state index in [0.29, 0.717) is 5.69 Å². The van der Waals surface area contributed by atoms with Crippen LogP contribution in [0.2, 0.25) is 0 Å². The maximum atomic E-state index is 13.6. The van der Waals surface area contributed by atoms with Crippen molar-refractivity contribution < 1.29 is 17.9 Å². The first-order valence-corrected chi connectivity index (χ1v) is 7.76. The third-order valence-electron chi connectivity index (χ3n) is 2.65. The van der Waals surface area contributed by atoms with E-state index in [-0.39, 0.29) is 20.7 Å². The summed E-state index contributed by atoms with van der Waals surface area (Å²) in [5, 5.41) is 15.0. The molecule has 0 unspecified atom stereocenters. The number of aromatic amines is 1. The number of aromatic nitrogens is 2. The Bertz CT molecular complexity index is 725. The molecule has 1 aromatic carbocycles. The fourth-order valence-electron chi connectivity index (χ4n) is 1.62. The Morgan fingerprint density at radius 3 is 2.80 bits per heavy atom. The number of nitrogens with one attached hydrogen (secondary N) is 2. The minimum absolute atomic E-state index is 0.143. The maximum Gasteiger partial charge on any atom is 0.281 e. The Hall–Kier alpha value is -1.45. The first kappa shape index (κ1) is 14.9. The van der Waals surface area contributed by atoms with Crippen molar-refractivity contribution in [2.75, 3.05) is 4.72 Å². The largest absolute Gasteiger partial charge is 0.392 e. The molecule has 0 aliphatic carbocycles. The van der Waals surface area contributed by atoms with Crippen LogP contribution in [0, 0.1) is 12.7 Å². The molecule has 1 aromatic heterocycles. The highest BCUT2D eigenvalue weighted by Crippen LogP contribution is 2.28. The number of halogens is 2. The van der Waals surface area contributed by atoms with Crippen LogP contribution in [0.1, 0.15) is 11.3 Å². The average Bonchev–Trinajstić information content (AvgIpc) is 2.76. The van der Waals surface area contributed by atoms with Gasteiger partial charge in [-0.2, -0.15) is 13.5 Å². The summed E-state index contributed by atoms with van der Waals surface area (Å²) in [6.45, 7) is 1.09. The van der Waals surface area contributed by atoms with E-state index < -0.39 is 22.4 Å². The number of hydrogen-bond donors (Lipinski definition) is 3. The van der Waals surface area contributed by atoms with Crippen molar-refractivity contribution in [1.82, 2.24) is 10.2 Å². The summed E-state index contributed by atoms with van der Waals surface area (Å²) in [7, 11) is -4.10. The van der Waals surface area contributed by atoms with Gasteiger partial charge in [0.25, 0.3) is 10.0 Å². The molecule has 0 aliphatic rings. The number of aliphatic hydroxyl groups is 1. The third-order valence-corrected chi connectivity index (χ3v) is 4.63. The van der Waals surface area contributed by atoms with E-state index in [1.807, 2.05) is 0 Å². The van der Waals surface area contributed by atoms with Crippen LogP contribution < -0.4 is 4.72 Å². The second-order valence-electron chi connectivity index (χ2n) is 3.99. The molecule has 9 heteroatoms. The SMILES string of the molecule is Cc1[nH]nc(S(=O)(=O)Nc2c(F)cccc2Br)c1CO. The molecule has 0 fully saturated rings. The molecule has 0 saturated heterocycles. The van der Waals surface area contributed by atoms with Gasteiger partial charge in [0, 0.05) is 15.7 Å². The lowest BCUT2D eigenvalue weighted by molar-refractivity contribution is 0.277. The summed E-state index contributed by atoms with van der Waals surface area (Å²) < 4.78 is 40.4. The van der Waals surface area contributed by atoms with Crippen molar-refractivity contribution in [2.45, 2.75) is 18.6 Å². The van der Waals surface area contributed by atoms with Crippen molar-refractivity contribution in [3.05, 3.63) is 39.7 Å². The van der Waals surface area contributed by atoms with Gasteiger partial charge in [-0.05, 0) is 35.0 Å². The number of aryl methyl sites for hydroxylation is 1. The summed E-state index contributed by atoms with van der Waals surface area (Å²) in [6, 6.07) is 4.07. The number of anilines is 1. The van der Waals surface area contributed by atoms with Crippen LogP contribution >= 0.6 is 15.9 Å². The molecule has 3 N–H and O–H groups in total. The Morgan fingerprint density at radius 2 is 2.20 bits per heavy atom. The number of sulfonamides is 1. The Kier molecular flexibility index (Phi) is 4.11. The standard InChI is InChI=1S/C11H11BrFN3O3S/c1-6-7(5-17)11(15-14-6)20(18,19)16-10-8(12)3-2-4-9(10)13/h2-4,16-17H,5H2,1H3,(H,14,15). The van der Waals surface area contributed by atoms with E-state index in [1.54, 1.807) is 6.92 Å². The number of nitrogens with zero attached hydrogens (tertiary/aromatic N) is 1. The highest BCUT2D eigenvalue weighted by Gasteiger charge is 2.25. The first-order chi connectivity index (χ1) is 9.36. The van der Waals surface area contributed by atoms with Crippen molar-refractivity contribution in [2.24, 2.45) is 0 Å². The average molecular weight is 364 g/mol. The third kappa shape index (κ3) is 2.69. The molecular formula is C11H11BrFN3O3S. The van der Waals surface area contributed by atoms with Gasteiger partial charge < -0.3 is 5.11 Å². The minimum atomic E-state index is -4.10. The van der Waals surface area contributed by atoms with Crippen molar-refractivity contribution in [1.29, 1.82) is 0 Å². The topological polar surface area (TPSA) is 95.1 Å². The highest BCUT2D eigenvalue weighted by molar-refractivity contribution is 9.10. The van der Waals surface area contributed by atoms with Gasteiger partial charge in [-0.15, -0.1) is 0 Å². The zero-order valence-corrected chi connectivity index (χ0v) is 12.7. The Balaban J connectivity index is 2.46. The van der Waals surface area contributed by atoms with Crippen LogP contribution in [0.25, 0.3) is 0 Å². The molecule has 0 radical (unpaired) electrons. The van der Waals surface area contributed by atoms with E-state index in [1.165, 1.54) is 12.1 Å². The zero-order chi connectivity index (χ0) is 14.9. The molecule has 0 atom stereocenters. The van der Waals surface area contributed by atoms with E-state index >= 15 is 0 Å². The molecule has 2 aromatic rings. The van der Waals surface area contributed by atoms with Gasteiger partial charge >= 0.3 is 0 Å². The van der Waals surface area contributed by atoms with Gasteiger partial charge in [0.2, 0.25) is 5.03 Å². The van der Waals surface area contributed by atoms with Gasteiger partial charge in [0.15, 0.2) is 0 Å². The molecule has 1 heterocycles. The van der Waals surface area contributed by atoms with Crippen LogP contribution in [0.4, 0.5) is 10.1 Å². The molecule has 2 rings (SSSR count). The lowest BCUT2D eigenvalue weighted by Gasteiger charge is -2.09. The normalized spacial score (nSPS) is 11.6. The monoisotopic (exact) mass is 363 g/mol. The van der Waals surface area contributed by atoms with Crippen molar-refractivity contribution >= 4 is 31.6 Å². The predicted molar refractivity (Wildman–Crippen MR) is 74.2 cm³/mol. The molecule has 6 nitrogen and oxygen atoms in total. The minimum Gasteiger partial charge on any atom is -0.392 e. The van der Waals surface area contributed by atoms with Crippen LogP contribution in [0.3, 0.4) is 0 Å². The Morgan fingerprint density at radius 1 is 1.50 bits per heavy atom. The van der Waals surface area contributed by atoms with E-state index in [2.05, 4.69) is 30.8 Å². The molecule has 0 spiro atoms. The van der Waals surface area contributed by atoms with Gasteiger partial charge in [0.1, 0.15) is 5.82 Å². The fourth-order valence-corrected chi connectivity index (χ4v) is 3.47. The summed E-state index contributed by atoms with van der Waals surface area (Å²) in [6.07, 6.45) is 0. The van der Waals surface area contributed by atoms with Crippen LogP contribution in [-0.4, -0.2) is 23.7 Å². The summed E-state index contributed by atoms with van der Waals surface area (Å²) in [5.74, 6) is -0.722. The quantitative estimate of drug-likeness (QED) is 0.773. The second-order valence-corrected chi connectivity index (χ2v) is 6.44. The lowest BCUT2D eigenvalue weighted by Crippen LogP contribution is -2.16. The van der Waals surface area contributed by atoms with Crippen LogP contribution in [0.5, 0.6) is 0 Å². The number of benzene rings is 1. The summed E-state index contributed by atoms with van der Waals surface area (Å²) >= 11 is 3.07. The summed E-state index contributed by atoms with van der Waals surface area (Å²) in [4.78, 5) is 0. The van der Waals surface area contributed by atoms with Gasteiger partial charge in [0.05, 0.1) is 12.3 Å². The highest BCUT2D eigenvalue weighted by atomic mass is 79.9. The van der Waals surface area contributed by atoms with Gasteiger partial charge in [-0.3, -0.25) is 9.82 Å². The van der Waals surface area contributed by atoms with Crippen LogP contribution in [-0.2, 0) is 16.6 Å². The fraction of sp³-hybridized carbons (Fsp3) is 0.182. The number of H-pyrrole nitrogens is 1. The maximum absolute atomic E-state index is 13.6. The van der Waals surface area contributed by atoms with Crippen molar-refractivity contribution in [3.8, 4) is 0 Å². The first-order valence-electron chi connectivity index (χ1n) is 5.48. The van der Waals surface area contributed by atoms with E-state index in [4.69, 9.17) is 0 Å². The molecule has 20 heavy (non-hydrogen) atoms. The number of aliphatic hydroxyl groups excluding tert-OH is 1. The number of rotatable bonds is 4. The number of hydrogen-bond acceptors (Lipinski definition) is 4. The Labute approximate surface area is 123 Å². The van der Waals surface area contributed by atoms with Crippen LogP contribution in [0.15, 0.2) is 27.7 Å². The molecule has 0 amide bonds. The van der Waals surface area contributed by atoms with Gasteiger partial charge in [-0.25, -0.2) is 4.39 Å². The smallest absolute Gasteiger partial charge is 0.281 e. The molecule has 0 aliphatic heterocycles. The summed E-state index contributed by atoms with van der Waals surface area (Å²) in [5.41, 5.74) is 0.363. The molecule has 0 bridgehead atoms. The van der Waals surface area contributed by atoms with Gasteiger partial charge in [-0.1, -0.05) is 6.07 Å². The molecular weight excluding hydrogens is 353 g/mol.